The van der Waals surface area contributed by atoms with Crippen molar-refractivity contribution in [3.8, 4) is 23.1 Å². The van der Waals surface area contributed by atoms with E-state index < -0.39 is 11.6 Å². The number of benzene rings is 1. The van der Waals surface area contributed by atoms with Gasteiger partial charge in [-0.2, -0.15) is 9.97 Å². The third-order valence-electron chi connectivity index (χ3n) is 5.90. The Labute approximate surface area is 195 Å². The van der Waals surface area contributed by atoms with E-state index in [-0.39, 0.29) is 18.7 Å². The lowest BCUT2D eigenvalue weighted by atomic mass is 10.2. The van der Waals surface area contributed by atoms with Crippen LogP contribution in [0, 0.1) is 18.6 Å². The van der Waals surface area contributed by atoms with Gasteiger partial charge in [0.15, 0.2) is 5.65 Å². The minimum atomic E-state index is -0.498. The second kappa shape index (κ2) is 8.94. The number of nitrogens with zero attached hydrogens (tertiary/aromatic N) is 6. The zero-order valence-electron chi connectivity index (χ0n) is 19.1. The van der Waals surface area contributed by atoms with Gasteiger partial charge in [-0.25, -0.2) is 13.8 Å². The van der Waals surface area contributed by atoms with Crippen molar-refractivity contribution in [2.45, 2.75) is 26.0 Å². The van der Waals surface area contributed by atoms with E-state index in [2.05, 4.69) is 24.8 Å². The first kappa shape index (κ1) is 22.1. The summed E-state index contributed by atoms with van der Waals surface area (Å²) in [6.07, 6.45) is 3.58. The van der Waals surface area contributed by atoms with Crippen LogP contribution in [0.15, 0.2) is 36.7 Å². The quantitative estimate of drug-likeness (QED) is 0.430. The number of pyridine rings is 1. The summed E-state index contributed by atoms with van der Waals surface area (Å²) in [6.45, 7) is 3.67. The number of ether oxygens (including phenoxy) is 2. The molecule has 1 aromatic carbocycles. The molecule has 1 saturated heterocycles. The van der Waals surface area contributed by atoms with Crippen LogP contribution >= 0.6 is 0 Å². The molecular weight excluding hydrogens is 442 g/mol. The Hall–Kier alpha value is -3.66. The van der Waals surface area contributed by atoms with E-state index in [4.69, 9.17) is 9.47 Å². The number of aromatic nitrogens is 5. The normalized spacial score (nSPS) is 16.3. The lowest BCUT2D eigenvalue weighted by Crippen LogP contribution is -2.21. The third-order valence-corrected chi connectivity index (χ3v) is 5.90. The summed E-state index contributed by atoms with van der Waals surface area (Å²) < 4.78 is 42.0. The number of hydrogen-bond acceptors (Lipinski definition) is 7. The van der Waals surface area contributed by atoms with Gasteiger partial charge in [0.2, 0.25) is 0 Å². The van der Waals surface area contributed by atoms with Crippen LogP contribution < -0.4 is 9.47 Å². The van der Waals surface area contributed by atoms with Crippen molar-refractivity contribution in [3.05, 3.63) is 59.6 Å². The topological polar surface area (TPSA) is 78.2 Å². The highest BCUT2D eigenvalue weighted by molar-refractivity contribution is 5.79. The first-order chi connectivity index (χ1) is 16.4. The largest absolute Gasteiger partial charge is 0.489 e. The molecular formula is C24H24F2N6O2. The predicted molar refractivity (Wildman–Crippen MR) is 122 cm³/mol. The molecule has 0 spiro atoms. The average Bonchev–Trinajstić information content (AvgIpc) is 3.39. The minimum Gasteiger partial charge on any atom is -0.489 e. The number of likely N-dealkylation sites (N-methyl/N-ethyl adjacent to an activating group) is 1. The number of aryl methyl sites for hydroxylation is 1. The maximum atomic E-state index is 15.2. The highest BCUT2D eigenvalue weighted by Crippen LogP contribution is 2.29. The summed E-state index contributed by atoms with van der Waals surface area (Å²) in [4.78, 5) is 19.5. The molecule has 0 amide bonds. The maximum absolute atomic E-state index is 15.2. The van der Waals surface area contributed by atoms with Gasteiger partial charge in [0, 0.05) is 36.5 Å². The fourth-order valence-electron chi connectivity index (χ4n) is 4.19. The lowest BCUT2D eigenvalue weighted by molar-refractivity contribution is 0.207. The number of likely N-dealkylation sites (tertiary alicyclic amines) is 1. The summed E-state index contributed by atoms with van der Waals surface area (Å²) in [5.74, 6) is -0.0127. The first-order valence-corrected chi connectivity index (χ1v) is 10.9. The molecule has 0 unspecified atom stereocenters. The molecule has 8 nitrogen and oxygen atoms in total. The van der Waals surface area contributed by atoms with Crippen LogP contribution in [-0.2, 0) is 6.54 Å². The van der Waals surface area contributed by atoms with Crippen molar-refractivity contribution < 1.29 is 18.3 Å². The fourth-order valence-corrected chi connectivity index (χ4v) is 4.19. The van der Waals surface area contributed by atoms with Crippen LogP contribution in [0.1, 0.15) is 17.7 Å². The standard InChI is InChI=1S/C24H24F2N6O2/c1-14-21-23(30-24(28-14)33-3)32(22(29-21)16-8-17(25)11-27-10-16)12-15-4-5-18(9-20(15)26)34-19-6-7-31(2)13-19/h4-5,8-11,19H,6-7,12-13H2,1-3H3/t19-/m0/s1. The number of fused-ring (bicyclic) bond motifs is 1. The van der Waals surface area contributed by atoms with Crippen molar-refractivity contribution in [1.82, 2.24) is 29.4 Å². The van der Waals surface area contributed by atoms with Crippen LogP contribution in [-0.4, -0.2) is 62.8 Å². The Morgan fingerprint density at radius 1 is 1.12 bits per heavy atom. The molecule has 34 heavy (non-hydrogen) atoms. The summed E-state index contributed by atoms with van der Waals surface area (Å²) in [5.41, 5.74) is 2.43. The third kappa shape index (κ3) is 4.28. The van der Waals surface area contributed by atoms with Gasteiger partial charge in [0.1, 0.15) is 34.8 Å². The van der Waals surface area contributed by atoms with Crippen LogP contribution in [0.2, 0.25) is 0 Å². The molecule has 5 rings (SSSR count). The lowest BCUT2D eigenvalue weighted by Gasteiger charge is -2.15. The zero-order chi connectivity index (χ0) is 23.8. The SMILES string of the molecule is COc1nc(C)c2nc(-c3cncc(F)c3)n(Cc3ccc(O[C@H]4CCN(C)C4)cc3F)c2n1. The van der Waals surface area contributed by atoms with E-state index in [9.17, 15) is 4.39 Å². The van der Waals surface area contributed by atoms with Crippen LogP contribution in [0.5, 0.6) is 11.8 Å². The van der Waals surface area contributed by atoms with Crippen molar-refractivity contribution in [3.63, 3.8) is 0 Å². The molecule has 4 heterocycles. The molecule has 0 bridgehead atoms. The molecule has 0 N–H and O–H groups in total. The van der Waals surface area contributed by atoms with E-state index >= 15 is 4.39 Å². The summed E-state index contributed by atoms with van der Waals surface area (Å²) >= 11 is 0. The van der Waals surface area contributed by atoms with Gasteiger partial charge in [-0.05, 0) is 32.5 Å². The second-order valence-electron chi connectivity index (χ2n) is 8.43. The first-order valence-electron chi connectivity index (χ1n) is 10.9. The number of hydrogen-bond donors (Lipinski definition) is 0. The second-order valence-corrected chi connectivity index (χ2v) is 8.43. The Morgan fingerprint density at radius 2 is 1.97 bits per heavy atom. The molecule has 0 aliphatic carbocycles. The Balaban J connectivity index is 1.54. The van der Waals surface area contributed by atoms with E-state index in [1.165, 1.54) is 25.4 Å². The zero-order valence-corrected chi connectivity index (χ0v) is 19.1. The molecule has 0 radical (unpaired) electrons. The molecule has 10 heteroatoms. The van der Waals surface area contributed by atoms with E-state index in [0.717, 1.165) is 25.7 Å². The van der Waals surface area contributed by atoms with E-state index in [0.29, 0.717) is 39.6 Å². The Bertz CT molecular complexity index is 1360. The van der Waals surface area contributed by atoms with Gasteiger partial charge >= 0.3 is 6.01 Å². The Morgan fingerprint density at radius 3 is 2.68 bits per heavy atom. The summed E-state index contributed by atoms with van der Waals surface area (Å²) in [5, 5.41) is 0. The van der Waals surface area contributed by atoms with Gasteiger partial charge in [-0.1, -0.05) is 6.07 Å². The van der Waals surface area contributed by atoms with Crippen molar-refractivity contribution in [1.29, 1.82) is 0 Å². The van der Waals surface area contributed by atoms with E-state index in [1.807, 2.05) is 7.05 Å². The van der Waals surface area contributed by atoms with Gasteiger partial charge in [0.25, 0.3) is 0 Å². The van der Waals surface area contributed by atoms with Gasteiger partial charge in [-0.15, -0.1) is 0 Å². The minimum absolute atomic E-state index is 0.0482. The van der Waals surface area contributed by atoms with E-state index in [1.54, 1.807) is 23.6 Å². The van der Waals surface area contributed by atoms with Crippen LogP contribution in [0.3, 0.4) is 0 Å². The summed E-state index contributed by atoms with van der Waals surface area (Å²) in [6, 6.07) is 6.35. The smallest absolute Gasteiger partial charge is 0.318 e. The monoisotopic (exact) mass is 466 g/mol. The van der Waals surface area contributed by atoms with Crippen LogP contribution in [0.4, 0.5) is 8.78 Å². The van der Waals surface area contributed by atoms with Gasteiger partial charge in [0.05, 0.1) is 25.5 Å². The molecule has 0 saturated carbocycles. The number of methoxy groups -OCH3 is 1. The highest BCUT2D eigenvalue weighted by Gasteiger charge is 2.22. The van der Waals surface area contributed by atoms with Gasteiger partial charge in [-0.3, -0.25) is 4.98 Å². The molecule has 176 valence electrons. The van der Waals surface area contributed by atoms with Crippen LogP contribution in [0.25, 0.3) is 22.6 Å². The summed E-state index contributed by atoms with van der Waals surface area (Å²) in [7, 11) is 3.51. The number of rotatable bonds is 6. The Kier molecular flexibility index (Phi) is 5.82. The molecule has 3 aromatic heterocycles. The number of imidazole rings is 1. The average molecular weight is 466 g/mol. The predicted octanol–water partition coefficient (Wildman–Crippen LogP) is 3.61. The fraction of sp³-hybridized carbons (Fsp3) is 0.333. The van der Waals surface area contributed by atoms with Crippen molar-refractivity contribution >= 4 is 11.2 Å². The molecule has 1 aliphatic rings. The molecule has 1 aliphatic heterocycles. The molecule has 1 fully saturated rings. The van der Waals surface area contributed by atoms with Crippen molar-refractivity contribution in [2.75, 3.05) is 27.2 Å². The highest BCUT2D eigenvalue weighted by atomic mass is 19.1. The van der Waals surface area contributed by atoms with Gasteiger partial charge < -0.3 is 18.9 Å². The number of halogens is 2. The van der Waals surface area contributed by atoms with Crippen molar-refractivity contribution in [2.24, 2.45) is 0 Å². The molecule has 1 atom stereocenters. The molecule has 4 aromatic rings. The maximum Gasteiger partial charge on any atom is 0.318 e.